The molecule has 0 saturated carbocycles. The molecule has 2 unspecified atom stereocenters. The van der Waals surface area contributed by atoms with Crippen LogP contribution in [0.25, 0.3) is 6.08 Å². The average Bonchev–Trinajstić information content (AvgIpc) is 2.44. The van der Waals surface area contributed by atoms with Gasteiger partial charge < -0.3 is 10.1 Å². The van der Waals surface area contributed by atoms with Crippen molar-refractivity contribution in [1.29, 1.82) is 0 Å². The molecule has 1 aliphatic heterocycles. The number of carbonyl (C=O) groups excluding carboxylic acids is 1. The van der Waals surface area contributed by atoms with Gasteiger partial charge in [-0.3, -0.25) is 4.79 Å². The Morgan fingerprint density at radius 3 is 2.86 bits per heavy atom. The van der Waals surface area contributed by atoms with Crippen LogP contribution in [0.3, 0.4) is 0 Å². The Morgan fingerprint density at radius 2 is 2.19 bits per heavy atom. The molecule has 1 saturated heterocycles. The van der Waals surface area contributed by atoms with Crippen molar-refractivity contribution in [3.8, 4) is 0 Å². The minimum Gasteiger partial charge on any atom is -0.370 e. The molecule has 1 aliphatic rings. The number of ketones is 1. The fraction of sp³-hybridized carbons (Fsp3) is 0.471. The van der Waals surface area contributed by atoms with Crippen molar-refractivity contribution in [1.82, 2.24) is 5.32 Å². The summed E-state index contributed by atoms with van der Waals surface area (Å²) in [6.07, 6.45) is 4.58. The number of carbonyl (C=O) groups is 1. The van der Waals surface area contributed by atoms with E-state index in [1.165, 1.54) is 12.1 Å². The van der Waals surface area contributed by atoms with Gasteiger partial charge in [0.15, 0.2) is 5.78 Å². The van der Waals surface area contributed by atoms with Gasteiger partial charge in [0.1, 0.15) is 5.82 Å². The SMILES string of the molecule is CC1CNCC(C)(CCC(=O)C=Cc2ccc(F)cc2)O1. The Hall–Kier alpha value is -1.52. The van der Waals surface area contributed by atoms with Crippen LogP contribution in [-0.4, -0.2) is 30.6 Å². The molecule has 3 nitrogen and oxygen atoms in total. The first-order valence-electron chi connectivity index (χ1n) is 7.32. The maximum atomic E-state index is 12.8. The van der Waals surface area contributed by atoms with E-state index in [0.717, 1.165) is 18.7 Å². The van der Waals surface area contributed by atoms with Gasteiger partial charge >= 0.3 is 0 Å². The molecule has 21 heavy (non-hydrogen) atoms. The molecule has 1 heterocycles. The third-order valence-electron chi connectivity index (χ3n) is 3.65. The molecule has 0 aromatic heterocycles. The van der Waals surface area contributed by atoms with Gasteiger partial charge in [0.25, 0.3) is 0 Å². The molecule has 4 heteroatoms. The van der Waals surface area contributed by atoms with Crippen molar-refractivity contribution in [2.75, 3.05) is 13.1 Å². The standard InChI is InChI=1S/C17H22FNO2/c1-13-11-19-12-17(2,21-13)10-9-16(20)8-5-14-3-6-15(18)7-4-14/h3-8,13,19H,9-12H2,1-2H3. The molecule has 0 amide bonds. The molecule has 0 radical (unpaired) electrons. The number of rotatable bonds is 5. The lowest BCUT2D eigenvalue weighted by molar-refractivity contribution is -0.121. The second-order valence-corrected chi connectivity index (χ2v) is 5.86. The van der Waals surface area contributed by atoms with E-state index in [0.29, 0.717) is 12.8 Å². The summed E-state index contributed by atoms with van der Waals surface area (Å²) in [5.74, 6) is -0.218. The zero-order valence-electron chi connectivity index (χ0n) is 12.6. The minimum absolute atomic E-state index is 0.0578. The highest BCUT2D eigenvalue weighted by Gasteiger charge is 2.30. The molecule has 0 spiro atoms. The van der Waals surface area contributed by atoms with Gasteiger partial charge in [-0.05, 0) is 44.0 Å². The number of halogens is 1. The Balaban J connectivity index is 1.83. The van der Waals surface area contributed by atoms with Crippen molar-refractivity contribution in [3.63, 3.8) is 0 Å². The van der Waals surface area contributed by atoms with Crippen molar-refractivity contribution >= 4 is 11.9 Å². The van der Waals surface area contributed by atoms with Gasteiger partial charge in [0, 0.05) is 19.5 Å². The van der Waals surface area contributed by atoms with E-state index in [1.54, 1.807) is 24.3 Å². The Bertz CT molecular complexity index is 512. The molecule has 0 bridgehead atoms. The molecule has 1 aromatic carbocycles. The molecule has 114 valence electrons. The number of nitrogens with one attached hydrogen (secondary N) is 1. The van der Waals surface area contributed by atoms with Gasteiger partial charge in [-0.2, -0.15) is 0 Å². The molecule has 0 aliphatic carbocycles. The summed E-state index contributed by atoms with van der Waals surface area (Å²) in [5, 5.41) is 3.32. The van der Waals surface area contributed by atoms with Crippen LogP contribution < -0.4 is 5.32 Å². The maximum absolute atomic E-state index is 12.8. The number of benzene rings is 1. The summed E-state index contributed by atoms with van der Waals surface area (Å²) >= 11 is 0. The number of allylic oxidation sites excluding steroid dienone is 1. The topological polar surface area (TPSA) is 38.3 Å². The lowest BCUT2D eigenvalue weighted by Gasteiger charge is -2.38. The van der Waals surface area contributed by atoms with Gasteiger partial charge in [-0.25, -0.2) is 4.39 Å². The summed E-state index contributed by atoms with van der Waals surface area (Å²) in [7, 11) is 0. The van der Waals surface area contributed by atoms with E-state index in [9.17, 15) is 9.18 Å². The molecule has 1 fully saturated rings. The summed E-state index contributed by atoms with van der Waals surface area (Å²) in [5.41, 5.74) is 0.539. The quantitative estimate of drug-likeness (QED) is 0.848. The van der Waals surface area contributed by atoms with Crippen molar-refractivity contribution in [2.24, 2.45) is 0 Å². The smallest absolute Gasteiger partial charge is 0.155 e. The molecule has 1 aromatic rings. The minimum atomic E-state index is -0.281. The van der Waals surface area contributed by atoms with Crippen LogP contribution in [0.15, 0.2) is 30.3 Å². The van der Waals surface area contributed by atoms with Gasteiger partial charge in [-0.15, -0.1) is 0 Å². The molecule has 1 N–H and O–H groups in total. The number of morpholine rings is 1. The average molecular weight is 291 g/mol. The first kappa shape index (κ1) is 15.9. The summed E-state index contributed by atoms with van der Waals surface area (Å²) < 4.78 is 18.7. The van der Waals surface area contributed by atoms with Crippen LogP contribution in [-0.2, 0) is 9.53 Å². The highest BCUT2D eigenvalue weighted by atomic mass is 19.1. The number of hydrogen-bond donors (Lipinski definition) is 1. The van der Waals surface area contributed by atoms with Crippen LogP contribution in [0.1, 0.15) is 32.3 Å². The van der Waals surface area contributed by atoms with Crippen LogP contribution in [0, 0.1) is 5.82 Å². The maximum Gasteiger partial charge on any atom is 0.155 e. The summed E-state index contributed by atoms with van der Waals surface area (Å²) in [6.45, 7) is 5.69. The van der Waals surface area contributed by atoms with Gasteiger partial charge in [0.2, 0.25) is 0 Å². The Labute approximate surface area is 125 Å². The monoisotopic (exact) mass is 291 g/mol. The normalized spacial score (nSPS) is 26.1. The molecule has 2 atom stereocenters. The fourth-order valence-corrected chi connectivity index (χ4v) is 2.49. The largest absolute Gasteiger partial charge is 0.370 e. The Kier molecular flexibility index (Phi) is 5.26. The molecule has 2 rings (SSSR count). The third kappa shape index (κ3) is 5.06. The van der Waals surface area contributed by atoms with Crippen LogP contribution in [0.5, 0.6) is 0 Å². The van der Waals surface area contributed by atoms with Crippen LogP contribution in [0.4, 0.5) is 4.39 Å². The fourth-order valence-electron chi connectivity index (χ4n) is 2.49. The van der Waals surface area contributed by atoms with E-state index in [2.05, 4.69) is 5.32 Å². The highest BCUT2D eigenvalue weighted by Crippen LogP contribution is 2.22. The van der Waals surface area contributed by atoms with Crippen LogP contribution in [0.2, 0.25) is 0 Å². The van der Waals surface area contributed by atoms with E-state index in [-0.39, 0.29) is 23.3 Å². The van der Waals surface area contributed by atoms with E-state index in [1.807, 2.05) is 13.8 Å². The van der Waals surface area contributed by atoms with Gasteiger partial charge in [0.05, 0.1) is 11.7 Å². The number of ether oxygens (including phenoxy) is 1. The number of hydrogen-bond acceptors (Lipinski definition) is 3. The predicted molar refractivity (Wildman–Crippen MR) is 81.5 cm³/mol. The van der Waals surface area contributed by atoms with E-state index >= 15 is 0 Å². The lowest BCUT2D eigenvalue weighted by Crippen LogP contribution is -2.51. The first-order chi connectivity index (χ1) is 9.97. The van der Waals surface area contributed by atoms with Crippen molar-refractivity contribution in [3.05, 3.63) is 41.7 Å². The zero-order valence-corrected chi connectivity index (χ0v) is 12.6. The summed E-state index contributed by atoms with van der Waals surface area (Å²) in [4.78, 5) is 11.9. The highest BCUT2D eigenvalue weighted by molar-refractivity contribution is 5.93. The second kappa shape index (κ2) is 6.96. The molecular weight excluding hydrogens is 269 g/mol. The second-order valence-electron chi connectivity index (χ2n) is 5.86. The van der Waals surface area contributed by atoms with Crippen molar-refractivity contribution in [2.45, 2.75) is 38.4 Å². The summed E-state index contributed by atoms with van der Waals surface area (Å²) in [6, 6.07) is 6.06. The molecular formula is C17H22FNO2. The van der Waals surface area contributed by atoms with E-state index in [4.69, 9.17) is 4.74 Å². The van der Waals surface area contributed by atoms with Crippen molar-refractivity contribution < 1.29 is 13.9 Å². The van der Waals surface area contributed by atoms with Gasteiger partial charge in [-0.1, -0.05) is 18.2 Å². The zero-order chi connectivity index (χ0) is 15.3. The third-order valence-corrected chi connectivity index (χ3v) is 3.65. The predicted octanol–water partition coefficient (Wildman–Crippen LogP) is 2.96. The lowest BCUT2D eigenvalue weighted by atomic mass is 9.96. The Morgan fingerprint density at radius 1 is 1.48 bits per heavy atom. The first-order valence-corrected chi connectivity index (χ1v) is 7.32. The van der Waals surface area contributed by atoms with E-state index < -0.39 is 0 Å². The van der Waals surface area contributed by atoms with Crippen LogP contribution >= 0.6 is 0 Å².